The lowest BCUT2D eigenvalue weighted by molar-refractivity contribution is 0.112. The number of benzene rings is 1. The van der Waals surface area contributed by atoms with Gasteiger partial charge in [0.25, 0.3) is 0 Å². The maximum Gasteiger partial charge on any atom is 0.150 e. The highest BCUT2D eigenvalue weighted by molar-refractivity contribution is 9.11. The van der Waals surface area contributed by atoms with Crippen LogP contribution in [0.25, 0.3) is 0 Å². The van der Waals surface area contributed by atoms with Gasteiger partial charge in [-0.3, -0.25) is 4.79 Å². The molecule has 0 N–H and O–H groups in total. The van der Waals surface area contributed by atoms with Gasteiger partial charge in [0.05, 0.1) is 8.95 Å². The van der Waals surface area contributed by atoms with Crippen molar-refractivity contribution in [2.75, 3.05) is 0 Å². The predicted octanol–water partition coefficient (Wildman–Crippen LogP) is 4.66. The van der Waals surface area contributed by atoms with Crippen LogP contribution in [0.5, 0.6) is 5.75 Å². The summed E-state index contributed by atoms with van der Waals surface area (Å²) in [5.41, 5.74) is 1.74. The molecular weight excluding hydrogens is 368 g/mol. The molecule has 1 heterocycles. The Kier molecular flexibility index (Phi) is 4.36. The van der Waals surface area contributed by atoms with Gasteiger partial charge < -0.3 is 4.74 Å². The lowest BCUT2D eigenvalue weighted by Gasteiger charge is -2.10. The summed E-state index contributed by atoms with van der Waals surface area (Å²) < 4.78 is 7.24. The lowest BCUT2D eigenvalue weighted by Crippen LogP contribution is -1.96. The molecule has 2 aromatic rings. The molecule has 0 bridgehead atoms. The fraction of sp³-hybridized carbons (Fsp3) is 0.0833. The van der Waals surface area contributed by atoms with Crippen molar-refractivity contribution in [1.29, 1.82) is 0 Å². The summed E-state index contributed by atoms with van der Waals surface area (Å²) in [5, 5.41) is 4.06. The Bertz CT molecular complexity index is 500. The van der Waals surface area contributed by atoms with Crippen LogP contribution in [0.4, 0.5) is 0 Å². The van der Waals surface area contributed by atoms with Crippen molar-refractivity contribution in [1.82, 2.24) is 0 Å². The van der Waals surface area contributed by atoms with Crippen molar-refractivity contribution in [2.24, 2.45) is 0 Å². The molecule has 0 fully saturated rings. The molecule has 17 heavy (non-hydrogen) atoms. The Morgan fingerprint density at radius 3 is 2.53 bits per heavy atom. The topological polar surface area (TPSA) is 26.3 Å². The van der Waals surface area contributed by atoms with Gasteiger partial charge >= 0.3 is 0 Å². The van der Waals surface area contributed by atoms with Crippen molar-refractivity contribution in [3.63, 3.8) is 0 Å². The van der Waals surface area contributed by atoms with Crippen LogP contribution >= 0.6 is 43.2 Å². The molecule has 1 aromatic heterocycles. The first-order chi connectivity index (χ1) is 8.20. The largest absolute Gasteiger partial charge is 0.487 e. The van der Waals surface area contributed by atoms with Crippen molar-refractivity contribution in [3.8, 4) is 5.75 Å². The maximum absolute atomic E-state index is 10.7. The van der Waals surface area contributed by atoms with E-state index in [0.29, 0.717) is 17.9 Å². The molecule has 0 amide bonds. The molecule has 0 aliphatic carbocycles. The standard InChI is InChI=1S/C12H8Br2O2S/c13-10-3-9(5-15)4-11(14)12(10)16-6-8-1-2-17-7-8/h1-5,7H,6H2. The Morgan fingerprint density at radius 2 is 2.00 bits per heavy atom. The van der Waals surface area contributed by atoms with Gasteiger partial charge in [0.15, 0.2) is 0 Å². The third-order valence-electron chi connectivity index (χ3n) is 2.12. The number of ether oxygens (including phenoxy) is 1. The van der Waals surface area contributed by atoms with Crippen molar-refractivity contribution in [3.05, 3.63) is 49.0 Å². The van der Waals surface area contributed by atoms with E-state index < -0.39 is 0 Å². The predicted molar refractivity (Wildman–Crippen MR) is 75.9 cm³/mol. The van der Waals surface area contributed by atoms with E-state index in [9.17, 15) is 4.79 Å². The summed E-state index contributed by atoms with van der Waals surface area (Å²) in [6, 6.07) is 5.49. The highest BCUT2D eigenvalue weighted by Crippen LogP contribution is 2.35. The van der Waals surface area contributed by atoms with Crippen molar-refractivity contribution in [2.45, 2.75) is 6.61 Å². The molecule has 88 valence electrons. The zero-order valence-corrected chi connectivity index (χ0v) is 12.6. The average molecular weight is 376 g/mol. The van der Waals surface area contributed by atoms with Crippen LogP contribution < -0.4 is 4.74 Å². The summed E-state index contributed by atoms with van der Waals surface area (Å²) in [6.45, 7) is 0.515. The lowest BCUT2D eigenvalue weighted by atomic mass is 10.2. The Labute approximate surface area is 120 Å². The minimum absolute atomic E-state index is 0.515. The van der Waals surface area contributed by atoms with Crippen molar-refractivity contribution >= 4 is 49.5 Å². The van der Waals surface area contributed by atoms with E-state index in [1.807, 2.05) is 16.8 Å². The number of halogens is 2. The Morgan fingerprint density at radius 1 is 1.29 bits per heavy atom. The minimum atomic E-state index is 0.515. The van der Waals surface area contributed by atoms with Crippen LogP contribution in [-0.4, -0.2) is 6.29 Å². The van der Waals surface area contributed by atoms with Crippen LogP contribution in [0.2, 0.25) is 0 Å². The molecule has 0 unspecified atom stereocenters. The number of aldehydes is 1. The fourth-order valence-electron chi connectivity index (χ4n) is 1.32. The Balaban J connectivity index is 2.18. The number of carbonyl (C=O) groups is 1. The molecule has 2 rings (SSSR count). The van der Waals surface area contributed by atoms with Gasteiger partial charge in [-0.25, -0.2) is 0 Å². The molecule has 2 nitrogen and oxygen atoms in total. The van der Waals surface area contributed by atoms with E-state index in [0.717, 1.165) is 20.8 Å². The summed E-state index contributed by atoms with van der Waals surface area (Å²) in [7, 11) is 0. The first-order valence-corrected chi connectivity index (χ1v) is 7.31. The summed E-state index contributed by atoms with van der Waals surface area (Å²) in [6.07, 6.45) is 0.804. The van der Waals surface area contributed by atoms with Gasteiger partial charge in [0.2, 0.25) is 0 Å². The molecule has 1 aromatic carbocycles. The van der Waals surface area contributed by atoms with E-state index in [4.69, 9.17) is 4.74 Å². The summed E-state index contributed by atoms with van der Waals surface area (Å²) >= 11 is 8.42. The van der Waals surface area contributed by atoms with Crippen LogP contribution in [0.1, 0.15) is 15.9 Å². The van der Waals surface area contributed by atoms with Crippen LogP contribution in [0.3, 0.4) is 0 Å². The zero-order chi connectivity index (χ0) is 12.3. The number of hydrogen-bond acceptors (Lipinski definition) is 3. The van der Waals surface area contributed by atoms with Gasteiger partial charge in [-0.2, -0.15) is 11.3 Å². The molecule has 0 atom stereocenters. The first kappa shape index (κ1) is 12.8. The number of thiophene rings is 1. The zero-order valence-electron chi connectivity index (χ0n) is 8.65. The highest BCUT2D eigenvalue weighted by atomic mass is 79.9. The summed E-state index contributed by atoms with van der Waals surface area (Å²) in [4.78, 5) is 10.7. The number of hydrogen-bond donors (Lipinski definition) is 0. The maximum atomic E-state index is 10.7. The molecule has 0 aliphatic heterocycles. The monoisotopic (exact) mass is 374 g/mol. The molecule has 0 radical (unpaired) electrons. The number of carbonyl (C=O) groups excluding carboxylic acids is 1. The van der Waals surface area contributed by atoms with E-state index >= 15 is 0 Å². The van der Waals surface area contributed by atoms with E-state index in [1.165, 1.54) is 0 Å². The van der Waals surface area contributed by atoms with Crippen LogP contribution in [-0.2, 0) is 6.61 Å². The third kappa shape index (κ3) is 3.18. The van der Waals surface area contributed by atoms with Crippen molar-refractivity contribution < 1.29 is 9.53 Å². The van der Waals surface area contributed by atoms with Crippen LogP contribution in [0, 0.1) is 0 Å². The Hall–Kier alpha value is -0.650. The van der Waals surface area contributed by atoms with Gasteiger partial charge in [0, 0.05) is 5.56 Å². The smallest absolute Gasteiger partial charge is 0.150 e. The molecular formula is C12H8Br2O2S. The average Bonchev–Trinajstić information content (AvgIpc) is 2.80. The van der Waals surface area contributed by atoms with E-state index in [-0.39, 0.29) is 0 Å². The van der Waals surface area contributed by atoms with E-state index in [1.54, 1.807) is 23.5 Å². The molecule has 0 aliphatic rings. The van der Waals surface area contributed by atoms with Gasteiger partial charge in [-0.15, -0.1) is 0 Å². The second-order valence-electron chi connectivity index (χ2n) is 3.35. The second kappa shape index (κ2) is 5.80. The minimum Gasteiger partial charge on any atom is -0.487 e. The number of rotatable bonds is 4. The molecule has 0 saturated heterocycles. The second-order valence-corrected chi connectivity index (χ2v) is 5.84. The SMILES string of the molecule is O=Cc1cc(Br)c(OCc2ccsc2)c(Br)c1. The van der Waals surface area contributed by atoms with Gasteiger partial charge in [-0.1, -0.05) is 0 Å². The summed E-state index contributed by atoms with van der Waals surface area (Å²) in [5.74, 6) is 0.710. The molecule has 0 spiro atoms. The quantitative estimate of drug-likeness (QED) is 0.726. The van der Waals surface area contributed by atoms with Crippen LogP contribution in [0.15, 0.2) is 37.9 Å². The van der Waals surface area contributed by atoms with Gasteiger partial charge in [0.1, 0.15) is 18.6 Å². The third-order valence-corrected chi connectivity index (χ3v) is 4.03. The normalized spacial score (nSPS) is 10.2. The first-order valence-electron chi connectivity index (χ1n) is 4.79. The molecule has 5 heteroatoms. The van der Waals surface area contributed by atoms with Gasteiger partial charge in [-0.05, 0) is 66.4 Å². The molecule has 0 saturated carbocycles. The fourth-order valence-corrected chi connectivity index (χ4v) is 3.42. The van der Waals surface area contributed by atoms with E-state index in [2.05, 4.69) is 31.9 Å². The highest BCUT2D eigenvalue weighted by Gasteiger charge is 2.09.